The van der Waals surface area contributed by atoms with Crippen molar-refractivity contribution in [2.24, 2.45) is 0 Å². The van der Waals surface area contributed by atoms with Crippen LogP contribution in [0.1, 0.15) is 52.7 Å². The molecule has 160 valence electrons. The second-order valence-electron chi connectivity index (χ2n) is 8.51. The molecule has 0 nitrogen and oxygen atoms in total. The van der Waals surface area contributed by atoms with Gasteiger partial charge in [0.05, 0.1) is 0 Å². The monoisotopic (exact) mass is 628 g/mol. The van der Waals surface area contributed by atoms with Gasteiger partial charge in [-0.05, 0) is 23.0 Å². The van der Waals surface area contributed by atoms with Gasteiger partial charge in [0.15, 0.2) is 7.14 Å². The summed E-state index contributed by atoms with van der Waals surface area (Å²) in [6.07, 6.45) is 0. The zero-order chi connectivity index (χ0) is 22.1. The zero-order valence-corrected chi connectivity index (χ0v) is 21.4. The van der Waals surface area contributed by atoms with Crippen molar-refractivity contribution >= 4 is 19.5 Å². The third-order valence-corrected chi connectivity index (χ3v) is 6.61. The molecule has 0 amide bonds. The van der Waals surface area contributed by atoms with E-state index in [4.69, 9.17) is 0 Å². The number of hydrogen-bond donors (Lipinski definition) is 0. The van der Waals surface area contributed by atoms with Crippen LogP contribution < -0.4 is 21.2 Å². The van der Waals surface area contributed by atoms with Gasteiger partial charge in [0, 0.05) is 11.1 Å². The average Bonchev–Trinajstić information content (AvgIpc) is 2.43. The van der Waals surface area contributed by atoms with Crippen LogP contribution in [0.2, 0.25) is 0 Å². The van der Waals surface area contributed by atoms with Gasteiger partial charge in [0.2, 0.25) is 0 Å². The summed E-state index contributed by atoms with van der Waals surface area (Å²) >= 11 is -11.4. The van der Waals surface area contributed by atoms with Gasteiger partial charge in [-0.2, -0.15) is 0 Å². The Morgan fingerprint density at radius 2 is 0.821 bits per heavy atom. The molecule has 2 rings (SSSR count). The van der Waals surface area contributed by atoms with Crippen LogP contribution in [0.15, 0.2) is 48.5 Å². The maximum atomic E-state index is 9.93. The Bertz CT molecular complexity index is 748. The van der Waals surface area contributed by atoms with E-state index >= 15 is 0 Å². The van der Waals surface area contributed by atoms with Crippen LogP contribution in [0.25, 0.3) is 0 Å². The quantitative estimate of drug-likeness (QED) is 0.260. The molecule has 0 radical (unpaired) electrons. The van der Waals surface area contributed by atoms with Crippen molar-refractivity contribution in [1.29, 1.82) is 0 Å². The third-order valence-electron chi connectivity index (χ3n) is 3.57. The van der Waals surface area contributed by atoms with Crippen LogP contribution in [-0.4, -0.2) is 19.5 Å². The Morgan fingerprint density at radius 3 is 1.07 bits per heavy atom. The Labute approximate surface area is 175 Å². The topological polar surface area (TPSA) is 0 Å². The molecule has 0 aromatic heterocycles. The van der Waals surface area contributed by atoms with Crippen molar-refractivity contribution in [2.75, 3.05) is 0 Å². The van der Waals surface area contributed by atoms with E-state index < -0.39 is 19.5 Å². The van der Waals surface area contributed by atoms with E-state index in [0.29, 0.717) is 0 Å². The standard InChI is InChI=1S/C20H26I.6FH.Sb/c1-19(2,3)15-11-7-9-13-17(15)21-18-14-10-8-12-16(18)20(4,5)6;;;;;;;/h7-14H,1-6H3;6*1H;/q+1;;;;;;;+5/p-6. The molecule has 8 heteroatoms. The van der Waals surface area contributed by atoms with Crippen LogP contribution in [-0.2, 0) is 10.8 Å². The van der Waals surface area contributed by atoms with Crippen molar-refractivity contribution in [1.82, 2.24) is 0 Å². The number of halogens is 7. The van der Waals surface area contributed by atoms with E-state index in [1.807, 2.05) is 0 Å². The van der Waals surface area contributed by atoms with Gasteiger partial charge >= 0.3 is 57.6 Å². The molecule has 28 heavy (non-hydrogen) atoms. The van der Waals surface area contributed by atoms with Crippen molar-refractivity contribution in [2.45, 2.75) is 52.4 Å². The van der Waals surface area contributed by atoms with Crippen LogP contribution in [0.3, 0.4) is 0 Å². The van der Waals surface area contributed by atoms with E-state index in [1.54, 1.807) is 7.14 Å². The van der Waals surface area contributed by atoms with Gasteiger partial charge in [-0.25, -0.2) is 0 Å². The second kappa shape index (κ2) is 7.68. The SMILES string of the molecule is CC(C)(C)c1ccccc1[I+]c1ccccc1C(C)(C)C.[F][Sb-]([F])([F])([F])([F])[F]. The summed E-state index contributed by atoms with van der Waals surface area (Å²) in [7, 11) is 0. The van der Waals surface area contributed by atoms with E-state index in [1.165, 1.54) is 11.1 Å². The number of rotatable bonds is 2. The van der Waals surface area contributed by atoms with E-state index in [9.17, 15) is 16.9 Å². The van der Waals surface area contributed by atoms with Crippen molar-refractivity contribution in [3.05, 3.63) is 66.8 Å². The fourth-order valence-corrected chi connectivity index (χ4v) is 6.37. The third kappa shape index (κ3) is 10.9. The first kappa shape index (κ1) is 25.6. The summed E-state index contributed by atoms with van der Waals surface area (Å²) in [5.41, 5.74) is 3.43. The Balaban J connectivity index is 0.000000480. The summed E-state index contributed by atoms with van der Waals surface area (Å²) in [5.74, 6) is 0. The summed E-state index contributed by atoms with van der Waals surface area (Å²) in [4.78, 5) is 0. The van der Waals surface area contributed by atoms with Crippen molar-refractivity contribution < 1.29 is 38.1 Å². The van der Waals surface area contributed by atoms with Gasteiger partial charge in [-0.15, -0.1) is 0 Å². The normalized spacial score (nSPS) is 15.1. The zero-order valence-electron chi connectivity index (χ0n) is 16.7. The van der Waals surface area contributed by atoms with Crippen molar-refractivity contribution in [3.8, 4) is 0 Å². The molecule has 0 saturated heterocycles. The van der Waals surface area contributed by atoms with Crippen LogP contribution in [0.5, 0.6) is 0 Å². The fourth-order valence-electron chi connectivity index (χ4n) is 2.41. The van der Waals surface area contributed by atoms with Crippen LogP contribution in [0.4, 0.5) is 16.9 Å². The predicted molar refractivity (Wildman–Crippen MR) is 100 cm³/mol. The molecule has 0 fully saturated rings. The molecule has 0 aliphatic rings. The molecule has 0 spiro atoms. The molecule has 0 aliphatic carbocycles. The molecule has 0 bridgehead atoms. The molecule has 0 aliphatic heterocycles. The summed E-state index contributed by atoms with van der Waals surface area (Å²) in [6.45, 7) is 13.9. The average molecular weight is 629 g/mol. The van der Waals surface area contributed by atoms with Gasteiger partial charge in [-0.1, -0.05) is 77.9 Å². The number of hydrogen-bond acceptors (Lipinski definition) is 0. The van der Waals surface area contributed by atoms with E-state index in [0.717, 1.165) is 0 Å². The Hall–Kier alpha value is -0.432. The summed E-state index contributed by atoms with van der Waals surface area (Å²) in [6, 6.07) is 18.0. The van der Waals surface area contributed by atoms with E-state index in [2.05, 4.69) is 90.1 Å². The molecule has 0 atom stereocenters. The van der Waals surface area contributed by atoms with Crippen LogP contribution in [0, 0.1) is 7.14 Å². The van der Waals surface area contributed by atoms with Gasteiger partial charge in [0.25, 0.3) is 0 Å². The first-order valence-corrected chi connectivity index (χ1v) is 16.5. The summed E-state index contributed by atoms with van der Waals surface area (Å²) in [5, 5.41) is 0. The fraction of sp³-hybridized carbons (Fsp3) is 0.400. The molecule has 2 aromatic carbocycles. The predicted octanol–water partition coefficient (Wildman–Crippen LogP) is 4.55. The molecule has 0 unspecified atom stereocenters. The number of benzene rings is 2. The minimum absolute atomic E-state index is 0.147. The summed E-state index contributed by atoms with van der Waals surface area (Å²) < 4.78 is 62.7. The van der Waals surface area contributed by atoms with Gasteiger partial charge in [0.1, 0.15) is 0 Å². The minimum atomic E-state index is -11.2. The maximum absolute atomic E-state index is 11.2. The molecule has 0 heterocycles. The molecule has 0 N–H and O–H groups in total. The Morgan fingerprint density at radius 1 is 0.571 bits per heavy atom. The van der Waals surface area contributed by atoms with Gasteiger partial charge in [-0.3, -0.25) is 0 Å². The first-order chi connectivity index (χ1) is 12.1. The van der Waals surface area contributed by atoms with Crippen molar-refractivity contribution in [3.63, 3.8) is 0 Å². The molecular weight excluding hydrogens is 603 g/mol. The molecular formula is C20H26F6ISb. The molecule has 2 aromatic rings. The second-order valence-corrected chi connectivity index (χ2v) is 16.8. The van der Waals surface area contributed by atoms with Gasteiger partial charge < -0.3 is 0 Å². The van der Waals surface area contributed by atoms with Crippen LogP contribution >= 0.6 is 0 Å². The molecule has 0 saturated carbocycles. The Kier molecular flexibility index (Phi) is 7.02. The first-order valence-electron chi connectivity index (χ1n) is 8.55. The van der Waals surface area contributed by atoms with E-state index in [-0.39, 0.29) is 32.0 Å².